The molecule has 2 heteroatoms. The van der Waals surface area contributed by atoms with Crippen LogP contribution in [0.1, 0.15) is 39.2 Å². The van der Waals surface area contributed by atoms with Crippen LogP contribution in [0.25, 0.3) is 16.8 Å². The summed E-state index contributed by atoms with van der Waals surface area (Å²) in [6.45, 7) is 6.90. The maximum atomic E-state index is 6.25. The second-order valence-electron chi connectivity index (χ2n) is 6.92. The summed E-state index contributed by atoms with van der Waals surface area (Å²) in [5, 5.41) is 0. The largest absolute Gasteiger partial charge is 0.475 e. The van der Waals surface area contributed by atoms with Crippen LogP contribution in [0.5, 0.6) is 0 Å². The van der Waals surface area contributed by atoms with Gasteiger partial charge in [-0.3, -0.25) is 0 Å². The highest BCUT2D eigenvalue weighted by molar-refractivity contribution is 5.99. The van der Waals surface area contributed by atoms with Crippen molar-refractivity contribution in [3.8, 4) is 11.1 Å². The molecule has 3 atom stereocenters. The van der Waals surface area contributed by atoms with Gasteiger partial charge in [0.15, 0.2) is 6.23 Å². The summed E-state index contributed by atoms with van der Waals surface area (Å²) in [7, 11) is 0. The van der Waals surface area contributed by atoms with E-state index in [9.17, 15) is 0 Å². The average molecular weight is 319 g/mol. The molecule has 0 aromatic heterocycles. The molecule has 2 aromatic carbocycles. The van der Waals surface area contributed by atoms with E-state index in [2.05, 4.69) is 74.2 Å². The Hall–Kier alpha value is -2.22. The molecular weight excluding hydrogens is 294 g/mol. The number of rotatable bonds is 4. The monoisotopic (exact) mass is 319 g/mol. The summed E-state index contributed by atoms with van der Waals surface area (Å²) in [5.74, 6) is 1.15. The molecule has 0 aliphatic carbocycles. The van der Waals surface area contributed by atoms with Crippen molar-refractivity contribution in [1.29, 1.82) is 0 Å². The third-order valence-electron chi connectivity index (χ3n) is 5.70. The fourth-order valence-corrected chi connectivity index (χ4v) is 4.18. The van der Waals surface area contributed by atoms with Crippen molar-refractivity contribution in [2.75, 3.05) is 4.90 Å². The Morgan fingerprint density at radius 2 is 1.58 bits per heavy atom. The molecule has 0 bridgehead atoms. The number of hydrogen-bond donors (Lipinski definition) is 0. The van der Waals surface area contributed by atoms with Crippen LogP contribution < -0.4 is 4.90 Å². The maximum absolute atomic E-state index is 6.25. The smallest absolute Gasteiger partial charge is 0.178 e. The van der Waals surface area contributed by atoms with Gasteiger partial charge in [0, 0.05) is 17.0 Å². The molecule has 124 valence electrons. The summed E-state index contributed by atoms with van der Waals surface area (Å²) in [6, 6.07) is 17.4. The van der Waals surface area contributed by atoms with E-state index in [-0.39, 0.29) is 6.23 Å². The van der Waals surface area contributed by atoms with Crippen LogP contribution in [0, 0.1) is 11.8 Å². The summed E-state index contributed by atoms with van der Waals surface area (Å²) >= 11 is 0. The standard InChI is InChI=1S/C22H25NO/c1-4-15(3)16(5-2)22-23-20-13-9-8-11-18(20)17-10-6-7-12-19(17)21(23)14-24-22/h6-16,22H,4-5H2,1-3H3. The van der Waals surface area contributed by atoms with E-state index < -0.39 is 0 Å². The van der Waals surface area contributed by atoms with Crippen LogP contribution in [-0.2, 0) is 4.74 Å². The molecule has 0 radical (unpaired) electrons. The first-order chi connectivity index (χ1) is 11.8. The predicted molar refractivity (Wildman–Crippen MR) is 100 cm³/mol. The van der Waals surface area contributed by atoms with Crippen LogP contribution in [0.2, 0.25) is 0 Å². The van der Waals surface area contributed by atoms with Crippen molar-refractivity contribution < 1.29 is 4.74 Å². The van der Waals surface area contributed by atoms with Gasteiger partial charge in [0.05, 0.1) is 11.4 Å². The van der Waals surface area contributed by atoms with Crippen molar-refractivity contribution in [2.45, 2.75) is 39.8 Å². The number of para-hydroxylation sites is 1. The molecule has 2 aliphatic heterocycles. The van der Waals surface area contributed by atoms with Gasteiger partial charge in [-0.05, 0) is 24.0 Å². The van der Waals surface area contributed by atoms with E-state index in [1.54, 1.807) is 0 Å². The number of fused-ring (bicyclic) bond motifs is 6. The average Bonchev–Trinajstić information content (AvgIpc) is 3.07. The van der Waals surface area contributed by atoms with E-state index >= 15 is 0 Å². The lowest BCUT2D eigenvalue weighted by atomic mass is 9.85. The molecule has 0 saturated heterocycles. The van der Waals surface area contributed by atoms with Crippen molar-refractivity contribution >= 4 is 11.4 Å². The zero-order valence-electron chi connectivity index (χ0n) is 14.7. The van der Waals surface area contributed by atoms with Gasteiger partial charge in [-0.2, -0.15) is 0 Å². The van der Waals surface area contributed by atoms with Crippen LogP contribution in [0.3, 0.4) is 0 Å². The predicted octanol–water partition coefficient (Wildman–Crippen LogP) is 5.90. The number of benzene rings is 2. The highest BCUT2D eigenvalue weighted by Gasteiger charge is 2.40. The van der Waals surface area contributed by atoms with Crippen LogP contribution in [0.4, 0.5) is 5.69 Å². The molecule has 2 aliphatic rings. The zero-order chi connectivity index (χ0) is 16.7. The Bertz CT molecular complexity index is 779. The summed E-state index contributed by atoms with van der Waals surface area (Å²) < 4.78 is 6.25. The third kappa shape index (κ3) is 2.16. The minimum absolute atomic E-state index is 0.0921. The topological polar surface area (TPSA) is 12.5 Å². The summed E-state index contributed by atoms with van der Waals surface area (Å²) in [6.07, 6.45) is 4.38. The van der Waals surface area contributed by atoms with Crippen molar-refractivity contribution in [2.24, 2.45) is 11.8 Å². The second kappa shape index (κ2) is 6.01. The maximum Gasteiger partial charge on any atom is 0.178 e. The van der Waals surface area contributed by atoms with Crippen molar-refractivity contribution in [1.82, 2.24) is 0 Å². The van der Waals surface area contributed by atoms with Gasteiger partial charge >= 0.3 is 0 Å². The minimum atomic E-state index is 0.0921. The second-order valence-corrected chi connectivity index (χ2v) is 6.92. The van der Waals surface area contributed by atoms with Gasteiger partial charge in [0.2, 0.25) is 0 Å². The van der Waals surface area contributed by atoms with Gasteiger partial charge in [0.25, 0.3) is 0 Å². The molecule has 0 amide bonds. The van der Waals surface area contributed by atoms with Gasteiger partial charge in [-0.1, -0.05) is 69.7 Å². The molecule has 0 fully saturated rings. The fourth-order valence-electron chi connectivity index (χ4n) is 4.18. The van der Waals surface area contributed by atoms with Gasteiger partial charge in [0.1, 0.15) is 6.26 Å². The van der Waals surface area contributed by atoms with Crippen LogP contribution in [-0.4, -0.2) is 6.23 Å². The molecule has 0 N–H and O–H groups in total. The summed E-state index contributed by atoms with van der Waals surface area (Å²) in [4.78, 5) is 2.43. The van der Waals surface area contributed by atoms with E-state index in [1.807, 2.05) is 6.26 Å². The number of nitrogens with zero attached hydrogens (tertiary/aromatic N) is 1. The Balaban J connectivity index is 1.85. The molecule has 4 rings (SSSR count). The quantitative estimate of drug-likeness (QED) is 0.695. The van der Waals surface area contributed by atoms with Crippen molar-refractivity contribution in [3.63, 3.8) is 0 Å². The molecule has 0 spiro atoms. The molecule has 24 heavy (non-hydrogen) atoms. The highest BCUT2D eigenvalue weighted by Crippen LogP contribution is 2.49. The lowest BCUT2D eigenvalue weighted by Crippen LogP contribution is -2.40. The van der Waals surface area contributed by atoms with Gasteiger partial charge in [-0.15, -0.1) is 0 Å². The first-order valence-corrected chi connectivity index (χ1v) is 9.09. The van der Waals surface area contributed by atoms with Gasteiger partial charge < -0.3 is 9.64 Å². The van der Waals surface area contributed by atoms with E-state index in [0.717, 1.165) is 6.42 Å². The molecule has 2 aromatic rings. The van der Waals surface area contributed by atoms with E-state index in [0.29, 0.717) is 11.8 Å². The fraction of sp³-hybridized carbons (Fsp3) is 0.364. The van der Waals surface area contributed by atoms with E-state index in [1.165, 1.54) is 34.5 Å². The summed E-state index contributed by atoms with van der Waals surface area (Å²) in [5.41, 5.74) is 6.36. The molecule has 3 unspecified atom stereocenters. The highest BCUT2D eigenvalue weighted by atomic mass is 16.5. The van der Waals surface area contributed by atoms with Gasteiger partial charge in [-0.25, -0.2) is 0 Å². The first-order valence-electron chi connectivity index (χ1n) is 9.09. The number of anilines is 1. The Morgan fingerprint density at radius 1 is 0.917 bits per heavy atom. The lowest BCUT2D eigenvalue weighted by molar-refractivity contribution is 0.0765. The Morgan fingerprint density at radius 3 is 2.29 bits per heavy atom. The molecule has 0 saturated carbocycles. The van der Waals surface area contributed by atoms with Crippen LogP contribution >= 0.6 is 0 Å². The third-order valence-corrected chi connectivity index (χ3v) is 5.70. The molecule has 2 heterocycles. The first kappa shape index (κ1) is 15.3. The van der Waals surface area contributed by atoms with E-state index in [4.69, 9.17) is 4.74 Å². The Labute approximate surface area is 144 Å². The normalized spacial score (nSPS) is 20.4. The zero-order valence-corrected chi connectivity index (χ0v) is 14.7. The Kier molecular flexibility index (Phi) is 3.84. The minimum Gasteiger partial charge on any atom is -0.475 e. The van der Waals surface area contributed by atoms with Crippen LogP contribution in [0.15, 0.2) is 54.8 Å². The lowest BCUT2D eigenvalue weighted by Gasteiger charge is -2.39. The number of hydrogen-bond acceptors (Lipinski definition) is 2. The molecular formula is C22H25NO. The van der Waals surface area contributed by atoms with Crippen molar-refractivity contribution in [3.05, 3.63) is 60.4 Å². The SMILES string of the molecule is CCC(C)C(CC)C1OC=C2c3ccccc3-c3ccccc3N21. The number of ether oxygens (including phenoxy) is 1. The molecule has 2 nitrogen and oxygen atoms in total.